The largest absolute Gasteiger partial charge is 0.319 e. The Labute approximate surface area is 95.8 Å². The van der Waals surface area contributed by atoms with E-state index in [0.29, 0.717) is 5.92 Å². The molecule has 0 aromatic heterocycles. The molecule has 3 rings (SSSR count). The highest BCUT2D eigenvalue weighted by Crippen LogP contribution is 2.41. The van der Waals surface area contributed by atoms with Crippen molar-refractivity contribution in [1.82, 2.24) is 0 Å². The molecule has 2 heteroatoms. The number of hydrogen-bond acceptors (Lipinski definition) is 2. The number of carbonyl (C=O) groups excluding carboxylic acids is 1. The second kappa shape index (κ2) is 3.42. The van der Waals surface area contributed by atoms with E-state index < -0.39 is 5.54 Å². The molecule has 0 heterocycles. The molecule has 0 aliphatic heterocycles. The van der Waals surface area contributed by atoms with Gasteiger partial charge in [-0.1, -0.05) is 30.7 Å². The summed E-state index contributed by atoms with van der Waals surface area (Å²) in [6.45, 7) is 0. The molecule has 0 unspecified atom stereocenters. The summed E-state index contributed by atoms with van der Waals surface area (Å²) in [6, 6.07) is 8.02. The molecular formula is C14H17NO. The van der Waals surface area contributed by atoms with Crippen LogP contribution < -0.4 is 5.73 Å². The molecule has 0 spiro atoms. The van der Waals surface area contributed by atoms with Gasteiger partial charge in [-0.2, -0.15) is 0 Å². The van der Waals surface area contributed by atoms with Crippen molar-refractivity contribution in [2.24, 2.45) is 5.73 Å². The van der Waals surface area contributed by atoms with Crippen molar-refractivity contribution in [3.63, 3.8) is 0 Å². The molecule has 16 heavy (non-hydrogen) atoms. The van der Waals surface area contributed by atoms with Crippen LogP contribution in [-0.4, -0.2) is 11.3 Å². The van der Waals surface area contributed by atoms with E-state index in [9.17, 15) is 4.79 Å². The standard InChI is InChI=1S/C14H17NO/c15-14(8-9-14)13(16)12-7-2-1-6-11(12)10-4-3-5-10/h1-2,6-7,10H,3-5,8-9,15H2. The first-order valence-corrected chi connectivity index (χ1v) is 6.13. The molecule has 1 aromatic carbocycles. The quantitative estimate of drug-likeness (QED) is 0.788. The second-order valence-corrected chi connectivity index (χ2v) is 5.20. The Hall–Kier alpha value is -1.15. The molecule has 2 aliphatic carbocycles. The summed E-state index contributed by atoms with van der Waals surface area (Å²) in [5, 5.41) is 0. The Morgan fingerprint density at radius 1 is 1.25 bits per heavy atom. The first kappa shape index (κ1) is 10.0. The maximum absolute atomic E-state index is 12.3. The van der Waals surface area contributed by atoms with Crippen LogP contribution in [-0.2, 0) is 0 Å². The molecule has 1 aromatic rings. The van der Waals surface area contributed by atoms with Crippen LogP contribution >= 0.6 is 0 Å². The zero-order valence-electron chi connectivity index (χ0n) is 9.41. The van der Waals surface area contributed by atoms with Gasteiger partial charge < -0.3 is 5.73 Å². The van der Waals surface area contributed by atoms with E-state index >= 15 is 0 Å². The summed E-state index contributed by atoms with van der Waals surface area (Å²) >= 11 is 0. The Balaban J connectivity index is 1.96. The molecule has 2 saturated carbocycles. The van der Waals surface area contributed by atoms with E-state index in [0.717, 1.165) is 18.4 Å². The predicted octanol–water partition coefficient (Wildman–Crippen LogP) is 2.63. The Bertz CT molecular complexity index is 430. The fraction of sp³-hybridized carbons (Fsp3) is 0.500. The van der Waals surface area contributed by atoms with E-state index in [1.54, 1.807) is 0 Å². The molecule has 2 N–H and O–H groups in total. The van der Waals surface area contributed by atoms with Gasteiger partial charge in [0.05, 0.1) is 5.54 Å². The van der Waals surface area contributed by atoms with Gasteiger partial charge in [0.25, 0.3) is 0 Å². The van der Waals surface area contributed by atoms with E-state index in [4.69, 9.17) is 5.73 Å². The number of carbonyl (C=O) groups is 1. The van der Waals surface area contributed by atoms with Crippen molar-refractivity contribution in [1.29, 1.82) is 0 Å². The highest BCUT2D eigenvalue weighted by atomic mass is 16.1. The van der Waals surface area contributed by atoms with Crippen LogP contribution in [0.3, 0.4) is 0 Å². The Kier molecular flexibility index (Phi) is 2.15. The number of nitrogens with two attached hydrogens (primary N) is 1. The lowest BCUT2D eigenvalue weighted by Crippen LogP contribution is -2.34. The summed E-state index contributed by atoms with van der Waals surface area (Å²) in [5.41, 5.74) is 7.59. The maximum atomic E-state index is 12.3. The van der Waals surface area contributed by atoms with Gasteiger partial charge in [-0.15, -0.1) is 0 Å². The fourth-order valence-corrected chi connectivity index (χ4v) is 2.41. The first-order chi connectivity index (χ1) is 7.71. The second-order valence-electron chi connectivity index (χ2n) is 5.20. The third kappa shape index (κ3) is 1.49. The highest BCUT2D eigenvalue weighted by molar-refractivity contribution is 6.06. The van der Waals surface area contributed by atoms with Crippen LogP contribution in [0.25, 0.3) is 0 Å². The van der Waals surface area contributed by atoms with Crippen LogP contribution in [0.15, 0.2) is 24.3 Å². The van der Waals surface area contributed by atoms with Crippen molar-refractivity contribution in [3.05, 3.63) is 35.4 Å². The highest BCUT2D eigenvalue weighted by Gasteiger charge is 2.46. The van der Waals surface area contributed by atoms with Crippen LogP contribution in [0, 0.1) is 0 Å². The zero-order valence-corrected chi connectivity index (χ0v) is 9.41. The van der Waals surface area contributed by atoms with Gasteiger partial charge >= 0.3 is 0 Å². The van der Waals surface area contributed by atoms with Crippen LogP contribution in [0.4, 0.5) is 0 Å². The van der Waals surface area contributed by atoms with Crippen molar-refractivity contribution in [2.45, 2.75) is 43.6 Å². The van der Waals surface area contributed by atoms with Gasteiger partial charge in [-0.05, 0) is 37.2 Å². The molecule has 2 aliphatic rings. The fourth-order valence-electron chi connectivity index (χ4n) is 2.41. The normalized spacial score (nSPS) is 22.6. The minimum atomic E-state index is -0.528. The summed E-state index contributed by atoms with van der Waals surface area (Å²) in [5.74, 6) is 0.762. The van der Waals surface area contributed by atoms with E-state index in [1.807, 2.05) is 18.2 Å². The maximum Gasteiger partial charge on any atom is 0.182 e. The van der Waals surface area contributed by atoms with Gasteiger partial charge in [-0.3, -0.25) is 4.79 Å². The van der Waals surface area contributed by atoms with Crippen molar-refractivity contribution >= 4 is 5.78 Å². The number of Topliss-reactive ketones (excluding diaryl/α,β-unsaturated/α-hetero) is 1. The lowest BCUT2D eigenvalue weighted by molar-refractivity contribution is 0.0947. The summed E-state index contributed by atoms with van der Waals surface area (Å²) < 4.78 is 0. The number of rotatable bonds is 3. The van der Waals surface area contributed by atoms with Gasteiger partial charge in [0.1, 0.15) is 0 Å². The lowest BCUT2D eigenvalue weighted by atomic mass is 9.77. The summed E-state index contributed by atoms with van der Waals surface area (Å²) in [7, 11) is 0. The number of hydrogen-bond donors (Lipinski definition) is 1. The predicted molar refractivity (Wildman–Crippen MR) is 63.5 cm³/mol. The molecule has 0 bridgehead atoms. The van der Waals surface area contributed by atoms with E-state index in [1.165, 1.54) is 24.8 Å². The molecule has 0 saturated heterocycles. The third-order valence-electron chi connectivity index (χ3n) is 3.99. The van der Waals surface area contributed by atoms with Gasteiger partial charge in [0.15, 0.2) is 5.78 Å². The van der Waals surface area contributed by atoms with Crippen molar-refractivity contribution in [3.8, 4) is 0 Å². The molecule has 0 atom stereocenters. The van der Waals surface area contributed by atoms with Gasteiger partial charge in [0, 0.05) is 5.56 Å². The van der Waals surface area contributed by atoms with Crippen molar-refractivity contribution in [2.75, 3.05) is 0 Å². The molecule has 0 amide bonds. The third-order valence-corrected chi connectivity index (χ3v) is 3.99. The Morgan fingerprint density at radius 2 is 1.94 bits per heavy atom. The zero-order chi connectivity index (χ0) is 11.2. The van der Waals surface area contributed by atoms with Gasteiger partial charge in [0.2, 0.25) is 0 Å². The van der Waals surface area contributed by atoms with Crippen LogP contribution in [0.1, 0.15) is 53.9 Å². The number of ketones is 1. The van der Waals surface area contributed by atoms with Gasteiger partial charge in [-0.25, -0.2) is 0 Å². The molecular weight excluding hydrogens is 198 g/mol. The van der Waals surface area contributed by atoms with Crippen molar-refractivity contribution < 1.29 is 4.79 Å². The monoisotopic (exact) mass is 215 g/mol. The Morgan fingerprint density at radius 3 is 2.50 bits per heavy atom. The minimum absolute atomic E-state index is 0.162. The van der Waals surface area contributed by atoms with E-state index in [2.05, 4.69) is 6.07 Å². The topological polar surface area (TPSA) is 43.1 Å². The molecule has 2 nitrogen and oxygen atoms in total. The van der Waals surface area contributed by atoms with E-state index in [-0.39, 0.29) is 5.78 Å². The first-order valence-electron chi connectivity index (χ1n) is 6.13. The molecule has 0 radical (unpaired) electrons. The average molecular weight is 215 g/mol. The lowest BCUT2D eigenvalue weighted by Gasteiger charge is -2.28. The smallest absolute Gasteiger partial charge is 0.182 e. The summed E-state index contributed by atoms with van der Waals surface area (Å²) in [4.78, 5) is 12.3. The van der Waals surface area contributed by atoms with Crippen LogP contribution in [0.5, 0.6) is 0 Å². The molecule has 2 fully saturated rings. The minimum Gasteiger partial charge on any atom is -0.319 e. The summed E-state index contributed by atoms with van der Waals surface area (Å²) in [6.07, 6.45) is 5.44. The average Bonchev–Trinajstić information content (AvgIpc) is 2.95. The van der Waals surface area contributed by atoms with Crippen LogP contribution in [0.2, 0.25) is 0 Å². The molecule has 84 valence electrons. The number of benzene rings is 1. The SMILES string of the molecule is NC1(C(=O)c2ccccc2C2CCC2)CC1.